The topological polar surface area (TPSA) is 63.5 Å². The summed E-state index contributed by atoms with van der Waals surface area (Å²) in [5, 5.41) is 13.3. The van der Waals surface area contributed by atoms with Crippen molar-refractivity contribution in [2.45, 2.75) is 20.0 Å². The molecule has 0 aliphatic heterocycles. The zero-order valence-corrected chi connectivity index (χ0v) is 15.3. The van der Waals surface area contributed by atoms with E-state index in [2.05, 4.69) is 5.32 Å². The maximum Gasteiger partial charge on any atom is 0.268 e. The predicted molar refractivity (Wildman–Crippen MR) is 95.2 cm³/mol. The molecular formula is C17H20Cl2N2O3. The van der Waals surface area contributed by atoms with Gasteiger partial charge in [-0.05, 0) is 31.0 Å². The van der Waals surface area contributed by atoms with Crippen molar-refractivity contribution in [1.82, 2.24) is 9.88 Å². The van der Waals surface area contributed by atoms with Crippen LogP contribution in [0.2, 0.25) is 10.2 Å². The summed E-state index contributed by atoms with van der Waals surface area (Å²) in [6.45, 7) is 4.03. The van der Waals surface area contributed by atoms with E-state index in [1.807, 2.05) is 32.0 Å². The van der Waals surface area contributed by atoms with E-state index in [-0.39, 0.29) is 19.1 Å². The third-order valence-electron chi connectivity index (χ3n) is 3.68. The average molecular weight is 371 g/mol. The van der Waals surface area contributed by atoms with Gasteiger partial charge in [-0.15, -0.1) is 0 Å². The maximum atomic E-state index is 12.1. The van der Waals surface area contributed by atoms with E-state index in [0.29, 0.717) is 15.9 Å². The summed E-state index contributed by atoms with van der Waals surface area (Å²) in [7, 11) is 1.64. The minimum atomic E-state index is -0.834. The van der Waals surface area contributed by atoms with Crippen molar-refractivity contribution in [1.29, 1.82) is 0 Å². The minimum absolute atomic E-state index is 0.0597. The number of carbonyl (C=O) groups is 1. The Kier molecular flexibility index (Phi) is 6.15. The Balaban J connectivity index is 1.88. The molecule has 0 fully saturated rings. The molecule has 2 aromatic rings. The third-order valence-corrected chi connectivity index (χ3v) is 4.52. The maximum absolute atomic E-state index is 12.1. The lowest BCUT2D eigenvalue weighted by atomic mass is 10.1. The van der Waals surface area contributed by atoms with Gasteiger partial charge in [0.25, 0.3) is 5.91 Å². The average Bonchev–Trinajstić information content (AvgIpc) is 2.79. The van der Waals surface area contributed by atoms with Crippen LogP contribution < -0.4 is 10.1 Å². The van der Waals surface area contributed by atoms with Crippen molar-refractivity contribution >= 4 is 29.1 Å². The van der Waals surface area contributed by atoms with Gasteiger partial charge in [-0.2, -0.15) is 0 Å². The molecule has 130 valence electrons. The van der Waals surface area contributed by atoms with Gasteiger partial charge in [0.2, 0.25) is 0 Å². The van der Waals surface area contributed by atoms with Crippen LogP contribution in [0.3, 0.4) is 0 Å². The smallest absolute Gasteiger partial charge is 0.268 e. The van der Waals surface area contributed by atoms with E-state index in [4.69, 9.17) is 27.9 Å². The number of ether oxygens (including phenoxy) is 1. The van der Waals surface area contributed by atoms with Crippen LogP contribution in [0.4, 0.5) is 0 Å². The Bertz CT molecular complexity index is 723. The van der Waals surface area contributed by atoms with Crippen LogP contribution in [0, 0.1) is 13.8 Å². The minimum Gasteiger partial charge on any atom is -0.490 e. The van der Waals surface area contributed by atoms with Crippen molar-refractivity contribution in [3.8, 4) is 5.75 Å². The largest absolute Gasteiger partial charge is 0.490 e. The number of amides is 1. The molecule has 0 radical (unpaired) electrons. The summed E-state index contributed by atoms with van der Waals surface area (Å²) in [6, 6.07) is 7.32. The highest BCUT2D eigenvalue weighted by molar-refractivity contribution is 6.41. The number of carbonyl (C=O) groups excluding carboxylic acids is 1. The number of halogens is 2. The first-order valence-corrected chi connectivity index (χ1v) is 8.22. The SMILES string of the molecule is Cc1cccc(C)c1OCC(O)CNC(=O)c1cc(Cl)c(Cl)n1C. The molecule has 0 saturated carbocycles. The normalized spacial score (nSPS) is 12.1. The summed E-state index contributed by atoms with van der Waals surface area (Å²) in [5.74, 6) is 0.390. The number of aliphatic hydroxyl groups excluding tert-OH is 1. The van der Waals surface area contributed by atoms with Gasteiger partial charge in [0.15, 0.2) is 0 Å². The lowest BCUT2D eigenvalue weighted by Crippen LogP contribution is -2.36. The van der Waals surface area contributed by atoms with Crippen LogP contribution in [0.15, 0.2) is 24.3 Å². The number of rotatable bonds is 6. The van der Waals surface area contributed by atoms with Gasteiger partial charge in [-0.3, -0.25) is 4.79 Å². The van der Waals surface area contributed by atoms with E-state index in [1.165, 1.54) is 10.6 Å². The standard InChI is InChI=1S/C17H20Cl2N2O3/c1-10-5-4-6-11(2)15(10)24-9-12(22)8-20-17(23)14-7-13(18)16(19)21(14)3/h4-7,12,22H,8-9H2,1-3H3,(H,20,23). The van der Waals surface area contributed by atoms with Gasteiger partial charge in [0.1, 0.15) is 29.3 Å². The molecule has 24 heavy (non-hydrogen) atoms. The molecular weight excluding hydrogens is 351 g/mol. The molecule has 1 amide bonds. The van der Waals surface area contributed by atoms with Gasteiger partial charge < -0.3 is 19.7 Å². The Morgan fingerprint density at radius 2 is 1.96 bits per heavy atom. The number of aromatic nitrogens is 1. The fourth-order valence-corrected chi connectivity index (χ4v) is 2.70. The van der Waals surface area contributed by atoms with E-state index in [9.17, 15) is 9.90 Å². The van der Waals surface area contributed by atoms with E-state index >= 15 is 0 Å². The first kappa shape index (κ1) is 18.6. The zero-order valence-electron chi connectivity index (χ0n) is 13.8. The summed E-state index contributed by atoms with van der Waals surface area (Å²) < 4.78 is 7.15. The lowest BCUT2D eigenvalue weighted by Gasteiger charge is -2.16. The summed E-state index contributed by atoms with van der Waals surface area (Å²) in [4.78, 5) is 12.1. The number of aliphatic hydroxyl groups is 1. The number of hydrogen-bond donors (Lipinski definition) is 2. The molecule has 1 aromatic carbocycles. The van der Waals surface area contributed by atoms with Crippen LogP contribution in [0.1, 0.15) is 21.6 Å². The van der Waals surface area contributed by atoms with E-state index < -0.39 is 6.10 Å². The molecule has 2 N–H and O–H groups in total. The molecule has 0 saturated heterocycles. The number of para-hydroxylation sites is 1. The highest BCUT2D eigenvalue weighted by atomic mass is 35.5. The number of nitrogens with one attached hydrogen (secondary N) is 1. The molecule has 1 aromatic heterocycles. The number of aryl methyl sites for hydroxylation is 2. The highest BCUT2D eigenvalue weighted by Crippen LogP contribution is 2.25. The Morgan fingerprint density at radius 1 is 1.33 bits per heavy atom. The van der Waals surface area contributed by atoms with Gasteiger partial charge in [-0.25, -0.2) is 0 Å². The number of benzene rings is 1. The van der Waals surface area contributed by atoms with Gasteiger partial charge >= 0.3 is 0 Å². The first-order valence-electron chi connectivity index (χ1n) is 7.47. The molecule has 1 unspecified atom stereocenters. The summed E-state index contributed by atoms with van der Waals surface area (Å²) in [6.07, 6.45) is -0.834. The fourth-order valence-electron chi connectivity index (χ4n) is 2.33. The summed E-state index contributed by atoms with van der Waals surface area (Å²) >= 11 is 11.8. The predicted octanol–water partition coefficient (Wildman–Crippen LogP) is 3.12. The van der Waals surface area contributed by atoms with Crippen LogP contribution in [-0.4, -0.2) is 34.8 Å². The van der Waals surface area contributed by atoms with Gasteiger partial charge in [-0.1, -0.05) is 41.4 Å². The van der Waals surface area contributed by atoms with Crippen molar-refractivity contribution < 1.29 is 14.6 Å². The summed E-state index contributed by atoms with van der Waals surface area (Å²) in [5.41, 5.74) is 2.33. The van der Waals surface area contributed by atoms with Gasteiger partial charge in [0, 0.05) is 13.6 Å². The van der Waals surface area contributed by atoms with Crippen LogP contribution in [-0.2, 0) is 7.05 Å². The highest BCUT2D eigenvalue weighted by Gasteiger charge is 2.17. The lowest BCUT2D eigenvalue weighted by molar-refractivity contribution is 0.0835. The molecule has 0 aliphatic rings. The Labute approximate surface area is 151 Å². The number of hydrogen-bond acceptors (Lipinski definition) is 3. The molecule has 7 heteroatoms. The Morgan fingerprint density at radius 3 is 2.50 bits per heavy atom. The zero-order chi connectivity index (χ0) is 17.9. The van der Waals surface area contributed by atoms with E-state index in [0.717, 1.165) is 16.9 Å². The molecule has 1 heterocycles. The third kappa shape index (κ3) is 4.23. The van der Waals surface area contributed by atoms with Crippen LogP contribution in [0.25, 0.3) is 0 Å². The second kappa shape index (κ2) is 7.92. The number of nitrogens with zero attached hydrogens (tertiary/aromatic N) is 1. The quantitative estimate of drug-likeness (QED) is 0.820. The van der Waals surface area contributed by atoms with Crippen molar-refractivity contribution in [3.63, 3.8) is 0 Å². The molecule has 5 nitrogen and oxygen atoms in total. The molecule has 0 bridgehead atoms. The monoisotopic (exact) mass is 370 g/mol. The second-order valence-electron chi connectivity index (χ2n) is 5.62. The van der Waals surface area contributed by atoms with Crippen molar-refractivity contribution in [3.05, 3.63) is 51.3 Å². The molecule has 1 atom stereocenters. The van der Waals surface area contributed by atoms with Gasteiger partial charge in [0.05, 0.1) is 5.02 Å². The van der Waals surface area contributed by atoms with Crippen molar-refractivity contribution in [2.75, 3.05) is 13.2 Å². The molecule has 2 rings (SSSR count). The van der Waals surface area contributed by atoms with Crippen LogP contribution in [0.5, 0.6) is 5.75 Å². The molecule has 0 spiro atoms. The first-order chi connectivity index (χ1) is 11.3. The Hall–Kier alpha value is -1.69. The molecule has 0 aliphatic carbocycles. The second-order valence-corrected chi connectivity index (χ2v) is 6.39. The van der Waals surface area contributed by atoms with E-state index in [1.54, 1.807) is 7.05 Å². The van der Waals surface area contributed by atoms with Crippen LogP contribution >= 0.6 is 23.2 Å². The fraction of sp³-hybridized carbons (Fsp3) is 0.353. The van der Waals surface area contributed by atoms with Crippen molar-refractivity contribution in [2.24, 2.45) is 7.05 Å².